The molecule has 0 unspecified atom stereocenters. The van der Waals surface area contributed by atoms with Gasteiger partial charge in [0.2, 0.25) is 15.6 Å². The van der Waals surface area contributed by atoms with Gasteiger partial charge in [0.25, 0.3) is 5.91 Å². The molecule has 33 heavy (non-hydrogen) atoms. The lowest BCUT2D eigenvalue weighted by Crippen LogP contribution is -2.28. The van der Waals surface area contributed by atoms with E-state index >= 15 is 0 Å². The Labute approximate surface area is 188 Å². The lowest BCUT2D eigenvalue weighted by atomic mass is 10.1. The molecule has 0 atom stereocenters. The van der Waals surface area contributed by atoms with Gasteiger partial charge < -0.3 is 14.8 Å². The van der Waals surface area contributed by atoms with Crippen molar-refractivity contribution >= 4 is 27.4 Å². The number of nitriles is 1. The topological polar surface area (TPSA) is 162 Å². The number of ether oxygens (including phenoxy) is 2. The largest absolute Gasteiger partial charge is 0.493 e. The minimum Gasteiger partial charge on any atom is -0.493 e. The highest BCUT2D eigenvalue weighted by Gasteiger charge is 2.26. The zero-order chi connectivity index (χ0) is 23.8. The van der Waals surface area contributed by atoms with E-state index in [4.69, 9.17) is 14.6 Å². The van der Waals surface area contributed by atoms with Gasteiger partial charge in [-0.1, -0.05) is 12.1 Å². The summed E-state index contributed by atoms with van der Waals surface area (Å²) < 4.78 is 34.9. The molecule has 12 heteroatoms. The van der Waals surface area contributed by atoms with Gasteiger partial charge in [-0.25, -0.2) is 28.1 Å². The Balaban J connectivity index is 1.96. The van der Waals surface area contributed by atoms with Crippen LogP contribution in [0.3, 0.4) is 0 Å². The molecule has 3 aromatic rings. The number of methoxy groups -OCH3 is 2. The molecule has 0 aliphatic carbocycles. The Hall–Kier alpha value is -4.21. The summed E-state index contributed by atoms with van der Waals surface area (Å²) in [4.78, 5) is 21.4. The lowest BCUT2D eigenvalue weighted by molar-refractivity contribution is 0.0938. The molecule has 1 aliphatic heterocycles. The van der Waals surface area contributed by atoms with Gasteiger partial charge in [0.15, 0.2) is 11.5 Å². The molecule has 2 aromatic carbocycles. The van der Waals surface area contributed by atoms with Crippen LogP contribution >= 0.6 is 0 Å². The van der Waals surface area contributed by atoms with Crippen molar-refractivity contribution in [2.24, 2.45) is 10.1 Å². The van der Waals surface area contributed by atoms with Crippen LogP contribution in [0.4, 0.5) is 11.5 Å². The molecule has 168 valence electrons. The standard InChI is InChI=1S/C21H18N6O5S/c1-31-16-8-5-13(9-17(16)32-2)25-21-26-19(12-3-6-14(7-4-12)33(23,29)30)15(10-22)20-24-11-18(28)27(20)21/h3-9,24H,11H2,1-2H3,(H2,23,29,30). The number of nitrogens with two attached hydrogens (primary N) is 1. The number of nitrogens with zero attached hydrogens (tertiary/aromatic N) is 4. The van der Waals surface area contributed by atoms with Gasteiger partial charge in [-0.05, 0) is 24.3 Å². The van der Waals surface area contributed by atoms with Crippen LogP contribution in [-0.2, 0) is 10.0 Å². The number of hydrogen-bond acceptors (Lipinski definition) is 9. The zero-order valence-corrected chi connectivity index (χ0v) is 18.4. The molecule has 0 fully saturated rings. The second-order valence-corrected chi connectivity index (χ2v) is 8.46. The molecule has 0 bridgehead atoms. The second kappa shape index (κ2) is 8.38. The maximum absolute atomic E-state index is 12.5. The highest BCUT2D eigenvalue weighted by molar-refractivity contribution is 7.89. The van der Waals surface area contributed by atoms with Gasteiger partial charge in [-0.3, -0.25) is 4.79 Å². The summed E-state index contributed by atoms with van der Waals surface area (Å²) in [5, 5.41) is 17.9. The first-order chi connectivity index (χ1) is 15.8. The number of rotatable bonds is 5. The highest BCUT2D eigenvalue weighted by atomic mass is 32.2. The van der Waals surface area contributed by atoms with E-state index in [-0.39, 0.29) is 40.0 Å². The maximum Gasteiger partial charge on any atom is 0.254 e. The SMILES string of the molecule is COc1ccc(N=c2nc(-c3ccc(S(N)(=O)=O)cc3)c(C#N)c3n2C(=O)CN3)cc1OC. The number of aromatic nitrogens is 2. The average molecular weight is 466 g/mol. The van der Waals surface area contributed by atoms with E-state index in [2.05, 4.69) is 21.4 Å². The molecule has 3 N–H and O–H groups in total. The summed E-state index contributed by atoms with van der Waals surface area (Å²) in [5.41, 5.74) is 1.28. The summed E-state index contributed by atoms with van der Waals surface area (Å²) in [5.74, 6) is 0.874. The summed E-state index contributed by atoms with van der Waals surface area (Å²) in [7, 11) is -0.881. The fraction of sp³-hybridized carbons (Fsp3) is 0.143. The van der Waals surface area contributed by atoms with Crippen molar-refractivity contribution in [1.82, 2.24) is 9.55 Å². The van der Waals surface area contributed by atoms with Crippen molar-refractivity contribution in [3.05, 3.63) is 53.6 Å². The first-order valence-corrected chi connectivity index (χ1v) is 11.1. The number of nitrogens with one attached hydrogen (secondary N) is 1. The summed E-state index contributed by atoms with van der Waals surface area (Å²) in [6.07, 6.45) is 0. The van der Waals surface area contributed by atoms with Gasteiger partial charge in [0.05, 0.1) is 37.0 Å². The van der Waals surface area contributed by atoms with Crippen molar-refractivity contribution in [3.63, 3.8) is 0 Å². The number of anilines is 1. The molecule has 1 aromatic heterocycles. The van der Waals surface area contributed by atoms with E-state index in [1.54, 1.807) is 18.2 Å². The Kier molecular flexibility index (Phi) is 5.59. The quantitative estimate of drug-likeness (QED) is 0.570. The third-order valence-corrected chi connectivity index (χ3v) is 5.86. The number of sulfonamides is 1. The zero-order valence-electron chi connectivity index (χ0n) is 17.6. The number of primary sulfonamides is 1. The van der Waals surface area contributed by atoms with Crippen molar-refractivity contribution < 1.29 is 22.7 Å². The molecular weight excluding hydrogens is 448 g/mol. The third kappa shape index (κ3) is 4.02. The Morgan fingerprint density at radius 3 is 2.45 bits per heavy atom. The normalized spacial score (nSPS) is 13.3. The van der Waals surface area contributed by atoms with Gasteiger partial charge >= 0.3 is 0 Å². The van der Waals surface area contributed by atoms with Gasteiger partial charge in [-0.2, -0.15) is 5.26 Å². The number of carbonyl (C=O) groups excluding carboxylic acids is 1. The molecule has 11 nitrogen and oxygen atoms in total. The molecule has 0 saturated carbocycles. The summed E-state index contributed by atoms with van der Waals surface area (Å²) in [6.45, 7) is -0.0291. The van der Waals surface area contributed by atoms with Crippen LogP contribution in [-0.4, -0.2) is 44.6 Å². The average Bonchev–Trinajstić information content (AvgIpc) is 3.20. The van der Waals surface area contributed by atoms with Crippen molar-refractivity contribution in [3.8, 4) is 28.8 Å². The number of fused-ring (bicyclic) bond motifs is 1. The molecule has 4 rings (SSSR count). The Morgan fingerprint density at radius 2 is 1.85 bits per heavy atom. The summed E-state index contributed by atoms with van der Waals surface area (Å²) >= 11 is 0. The van der Waals surface area contributed by atoms with Gasteiger partial charge in [-0.15, -0.1) is 0 Å². The highest BCUT2D eigenvalue weighted by Crippen LogP contribution is 2.31. The van der Waals surface area contributed by atoms with E-state index in [0.29, 0.717) is 22.7 Å². The van der Waals surface area contributed by atoms with E-state index in [9.17, 15) is 18.5 Å². The fourth-order valence-corrected chi connectivity index (χ4v) is 3.89. The van der Waals surface area contributed by atoms with Crippen LogP contribution in [0.5, 0.6) is 11.5 Å². The second-order valence-electron chi connectivity index (χ2n) is 6.90. The smallest absolute Gasteiger partial charge is 0.254 e. The van der Waals surface area contributed by atoms with Crippen LogP contribution in [0.1, 0.15) is 10.4 Å². The predicted molar refractivity (Wildman–Crippen MR) is 118 cm³/mol. The van der Waals surface area contributed by atoms with Crippen molar-refractivity contribution in [2.45, 2.75) is 4.90 Å². The van der Waals surface area contributed by atoms with E-state index < -0.39 is 10.0 Å². The molecule has 1 aliphatic rings. The van der Waals surface area contributed by atoms with Gasteiger partial charge in [0, 0.05) is 11.6 Å². The van der Waals surface area contributed by atoms with Crippen LogP contribution in [0.25, 0.3) is 11.3 Å². The predicted octanol–water partition coefficient (Wildman–Crippen LogP) is 1.38. The maximum atomic E-state index is 12.5. The molecule has 0 saturated heterocycles. The minimum absolute atomic E-state index is 0.0291. The van der Waals surface area contributed by atoms with Crippen LogP contribution in [0.2, 0.25) is 0 Å². The monoisotopic (exact) mass is 466 g/mol. The molecule has 0 spiro atoms. The molecule has 0 radical (unpaired) electrons. The summed E-state index contributed by atoms with van der Waals surface area (Å²) in [6, 6.07) is 12.6. The van der Waals surface area contributed by atoms with Gasteiger partial charge in [0.1, 0.15) is 17.5 Å². The number of carbonyl (C=O) groups is 1. The van der Waals surface area contributed by atoms with Crippen LogP contribution in [0, 0.1) is 11.3 Å². The fourth-order valence-electron chi connectivity index (χ4n) is 3.37. The van der Waals surface area contributed by atoms with Crippen LogP contribution in [0.15, 0.2) is 52.4 Å². The number of benzene rings is 2. The molecule has 2 heterocycles. The van der Waals surface area contributed by atoms with Crippen molar-refractivity contribution in [2.75, 3.05) is 26.1 Å². The van der Waals surface area contributed by atoms with Crippen LogP contribution < -0.4 is 25.5 Å². The Bertz CT molecular complexity index is 1490. The Morgan fingerprint density at radius 1 is 1.15 bits per heavy atom. The first kappa shape index (κ1) is 22.0. The third-order valence-electron chi connectivity index (χ3n) is 4.93. The lowest BCUT2D eigenvalue weighted by Gasteiger charge is -2.11. The molecule has 0 amide bonds. The number of hydrogen-bond donors (Lipinski definition) is 2. The van der Waals surface area contributed by atoms with E-state index in [1.807, 2.05) is 0 Å². The molecular formula is C21H18N6O5S. The minimum atomic E-state index is -3.88. The first-order valence-electron chi connectivity index (χ1n) is 9.51. The van der Waals surface area contributed by atoms with E-state index in [1.165, 1.54) is 43.1 Å². The van der Waals surface area contributed by atoms with E-state index in [0.717, 1.165) is 0 Å². The van der Waals surface area contributed by atoms with Crippen molar-refractivity contribution in [1.29, 1.82) is 5.26 Å².